The third kappa shape index (κ3) is 6.73. The molecule has 1 aliphatic rings. The molecule has 6 nitrogen and oxygen atoms in total. The summed E-state index contributed by atoms with van der Waals surface area (Å²) in [6, 6.07) is 85.2. The molecule has 0 fully saturated rings. The van der Waals surface area contributed by atoms with Crippen LogP contribution in [-0.2, 0) is 5.41 Å². The van der Waals surface area contributed by atoms with Gasteiger partial charge in [-0.1, -0.05) is 185 Å². The Morgan fingerprint density at radius 3 is 1.67 bits per heavy atom. The van der Waals surface area contributed by atoms with Gasteiger partial charge in [0.2, 0.25) is 0 Å². The largest absolute Gasteiger partial charge is 0.458 e. The van der Waals surface area contributed by atoms with Crippen molar-refractivity contribution in [2.45, 2.75) is 26.2 Å². The minimum Gasteiger partial charge on any atom is -0.458 e. The Bertz CT molecular complexity index is 4610. The van der Waals surface area contributed by atoms with Gasteiger partial charge in [-0.05, 0) is 122 Å². The van der Waals surface area contributed by atoms with Crippen LogP contribution in [0.2, 0.25) is 0 Å². The lowest BCUT2D eigenvalue weighted by Gasteiger charge is -2.20. The number of nitrogens with zero attached hydrogens (tertiary/aromatic N) is 5. The molecule has 0 unspecified atom stereocenters. The number of benzene rings is 10. The first-order valence-electron chi connectivity index (χ1n) is 26.0. The molecule has 0 saturated carbocycles. The minimum atomic E-state index is -0.0394. The Labute approximate surface area is 440 Å². The molecule has 0 aliphatic carbocycles. The van der Waals surface area contributed by atoms with E-state index in [1.54, 1.807) is 0 Å². The number of para-hydroxylation sites is 4. The van der Waals surface area contributed by atoms with E-state index in [2.05, 4.69) is 276 Å². The highest BCUT2D eigenvalue weighted by Crippen LogP contribution is 2.47. The van der Waals surface area contributed by atoms with Gasteiger partial charge >= 0.3 is 0 Å². The average Bonchev–Trinajstić information content (AvgIpc) is 4.15. The van der Waals surface area contributed by atoms with E-state index < -0.39 is 0 Å². The van der Waals surface area contributed by atoms with Crippen LogP contribution < -0.4 is 9.30 Å². The van der Waals surface area contributed by atoms with Crippen LogP contribution in [0.15, 0.2) is 243 Å². The quantitative estimate of drug-likeness (QED) is 0.123. The van der Waals surface area contributed by atoms with Crippen molar-refractivity contribution < 1.29 is 9.30 Å². The molecule has 0 radical (unpaired) electrons. The molecular weight excluding hydrogens is 927 g/mol. The maximum atomic E-state index is 7.01. The van der Waals surface area contributed by atoms with Gasteiger partial charge in [0.25, 0.3) is 6.33 Å². The molecular formula is C70H49N5O. The van der Waals surface area contributed by atoms with Crippen LogP contribution in [0, 0.1) is 6.33 Å². The molecule has 360 valence electrons. The second-order valence-electron chi connectivity index (χ2n) is 20.9. The number of ether oxygens (including phenoxy) is 1. The van der Waals surface area contributed by atoms with Crippen LogP contribution >= 0.6 is 0 Å². The fraction of sp³-hybridized carbons (Fsp3) is 0.0571. The van der Waals surface area contributed by atoms with E-state index in [0.717, 1.165) is 100 Å². The van der Waals surface area contributed by atoms with Crippen LogP contribution in [0.1, 0.15) is 26.3 Å². The number of hydrogen-bond donors (Lipinski definition) is 0. The predicted octanol–water partition coefficient (Wildman–Crippen LogP) is 17.4. The van der Waals surface area contributed by atoms with Crippen LogP contribution in [0.5, 0.6) is 11.5 Å². The van der Waals surface area contributed by atoms with Crippen molar-refractivity contribution in [1.29, 1.82) is 0 Å². The van der Waals surface area contributed by atoms with Crippen LogP contribution in [0.4, 0.5) is 0 Å². The average molecular weight is 976 g/mol. The highest BCUT2D eigenvalue weighted by atomic mass is 16.5. The number of imidazole rings is 1. The summed E-state index contributed by atoms with van der Waals surface area (Å²) < 4.78 is 16.3. The Balaban J connectivity index is 1.00. The summed E-state index contributed by atoms with van der Waals surface area (Å²) in [5.41, 5.74) is 19.7. The van der Waals surface area contributed by atoms with E-state index in [1.807, 2.05) is 12.3 Å². The van der Waals surface area contributed by atoms with Gasteiger partial charge in [0.15, 0.2) is 0 Å². The molecule has 0 saturated heterocycles. The second kappa shape index (κ2) is 16.9. The molecule has 0 N–H and O–H groups in total. The maximum Gasteiger partial charge on any atom is 0.269 e. The smallest absolute Gasteiger partial charge is 0.269 e. The van der Waals surface area contributed by atoms with Gasteiger partial charge in [0.1, 0.15) is 22.8 Å². The highest BCUT2D eigenvalue weighted by molar-refractivity contribution is 6.12. The zero-order valence-corrected chi connectivity index (χ0v) is 42.2. The zero-order chi connectivity index (χ0) is 50.6. The number of hydrogen-bond acceptors (Lipinski definition) is 2. The summed E-state index contributed by atoms with van der Waals surface area (Å²) in [5, 5.41) is 4.70. The van der Waals surface area contributed by atoms with Crippen LogP contribution in [0.3, 0.4) is 0 Å². The van der Waals surface area contributed by atoms with E-state index in [0.29, 0.717) is 5.75 Å². The van der Waals surface area contributed by atoms with Crippen molar-refractivity contribution >= 4 is 54.6 Å². The number of aromatic nitrogens is 5. The van der Waals surface area contributed by atoms with Gasteiger partial charge in [-0.15, -0.1) is 0 Å². The molecule has 0 atom stereocenters. The Kier molecular flexibility index (Phi) is 9.72. The van der Waals surface area contributed by atoms with Gasteiger partial charge in [-0.2, -0.15) is 0 Å². The summed E-state index contributed by atoms with van der Waals surface area (Å²) in [4.78, 5) is 4.95. The van der Waals surface area contributed by atoms with E-state index in [1.165, 1.54) is 32.8 Å². The maximum absolute atomic E-state index is 7.01. The SMILES string of the molecule is CC(C)(C)c1ccnc(-n2c3ccccc3c3ccc(Oc4cccc(-n5[c-][n+]6c7c(ccc(-n8c9ccccc9c9ccccc98)c75)-c5ccccc5-c5ccccc5-c5cccc(-c7ccccc7)c5-6)c4)cc32)c1. The van der Waals surface area contributed by atoms with Gasteiger partial charge in [-0.3, -0.25) is 13.7 Å². The summed E-state index contributed by atoms with van der Waals surface area (Å²) >= 11 is 0. The third-order valence-corrected chi connectivity index (χ3v) is 15.5. The Morgan fingerprint density at radius 1 is 0.434 bits per heavy atom. The van der Waals surface area contributed by atoms with Gasteiger partial charge in [-0.25, -0.2) is 4.98 Å². The normalized spacial score (nSPS) is 12.1. The molecule has 6 heteroatoms. The summed E-state index contributed by atoms with van der Waals surface area (Å²) in [5.74, 6) is 2.31. The molecule has 15 rings (SSSR count). The topological polar surface area (TPSA) is 40.8 Å². The minimum absolute atomic E-state index is 0.0394. The van der Waals surface area contributed by atoms with Crippen molar-refractivity contribution in [3.8, 4) is 78.9 Å². The molecule has 14 aromatic rings. The summed E-state index contributed by atoms with van der Waals surface area (Å²) in [6.07, 6.45) is 6.02. The number of fused-ring (bicyclic) bond motifs is 13. The molecule has 10 aromatic carbocycles. The van der Waals surface area contributed by atoms with Gasteiger partial charge in [0.05, 0.1) is 44.6 Å². The second-order valence-corrected chi connectivity index (χ2v) is 20.9. The first-order valence-corrected chi connectivity index (χ1v) is 26.0. The van der Waals surface area contributed by atoms with Crippen LogP contribution in [0.25, 0.3) is 122 Å². The first-order chi connectivity index (χ1) is 37.4. The molecule has 4 aromatic heterocycles. The Morgan fingerprint density at radius 2 is 0.987 bits per heavy atom. The van der Waals surface area contributed by atoms with Crippen molar-refractivity contribution in [3.05, 3.63) is 255 Å². The Hall–Kier alpha value is -9.78. The lowest BCUT2D eigenvalue weighted by molar-refractivity contribution is -0.570. The van der Waals surface area contributed by atoms with Crippen molar-refractivity contribution in [2.75, 3.05) is 0 Å². The lowest BCUT2D eigenvalue weighted by atomic mass is 9.88. The number of pyridine rings is 1. The van der Waals surface area contributed by atoms with Gasteiger partial charge < -0.3 is 9.30 Å². The fourth-order valence-corrected chi connectivity index (χ4v) is 12.0. The highest BCUT2D eigenvalue weighted by Gasteiger charge is 2.29. The molecule has 0 bridgehead atoms. The molecule has 0 spiro atoms. The predicted molar refractivity (Wildman–Crippen MR) is 311 cm³/mol. The molecule has 1 aliphatic heterocycles. The fourth-order valence-electron chi connectivity index (χ4n) is 12.0. The van der Waals surface area contributed by atoms with E-state index >= 15 is 0 Å². The lowest BCUT2D eigenvalue weighted by Crippen LogP contribution is -2.32. The third-order valence-electron chi connectivity index (χ3n) is 15.5. The molecule has 5 heterocycles. The molecule has 0 amide bonds. The van der Waals surface area contributed by atoms with E-state index in [4.69, 9.17) is 9.72 Å². The van der Waals surface area contributed by atoms with Crippen molar-refractivity contribution in [1.82, 2.24) is 18.7 Å². The van der Waals surface area contributed by atoms with Crippen molar-refractivity contribution in [2.24, 2.45) is 0 Å². The monoisotopic (exact) mass is 975 g/mol. The van der Waals surface area contributed by atoms with Gasteiger partial charge in [0, 0.05) is 33.8 Å². The van der Waals surface area contributed by atoms with E-state index in [-0.39, 0.29) is 5.41 Å². The van der Waals surface area contributed by atoms with E-state index in [9.17, 15) is 0 Å². The van der Waals surface area contributed by atoms with Crippen LogP contribution in [-0.4, -0.2) is 18.7 Å². The standard InChI is InChI=1S/C70H49N5O/c1-70(2,3)46-39-40-71-66(41-46)75-63-34-16-13-29-57(63)58-36-35-49(43-65(58)75)76-48-22-17-21-47(42-48)72-44-73-67-50(45-19-5-4-6-20-45)30-18-31-59(67)53-25-9-7-23-51(53)52-24-8-10-26-54(52)60-37-38-64(69(72)68(60)73)74-61-32-14-11-27-55(61)56-28-12-15-33-62(56)74/h4-43H,1-3H3. The number of rotatable bonds is 6. The summed E-state index contributed by atoms with van der Waals surface area (Å²) in [6.45, 7) is 6.73. The van der Waals surface area contributed by atoms with Crippen molar-refractivity contribution in [3.63, 3.8) is 0 Å². The zero-order valence-electron chi connectivity index (χ0n) is 42.2. The first kappa shape index (κ1) is 43.8. The molecule has 76 heavy (non-hydrogen) atoms. The summed E-state index contributed by atoms with van der Waals surface area (Å²) in [7, 11) is 0.